The lowest BCUT2D eigenvalue weighted by Crippen LogP contribution is -2.54. The highest BCUT2D eigenvalue weighted by Gasteiger charge is 2.57. The zero-order valence-electron chi connectivity index (χ0n) is 20.4. The maximum Gasteiger partial charge on any atom is 0.262 e. The second-order valence-electron chi connectivity index (χ2n) is 10.9. The fourth-order valence-corrected chi connectivity index (χ4v) is 6.00. The molecule has 11 heteroatoms. The van der Waals surface area contributed by atoms with Crippen molar-refractivity contribution < 1.29 is 23.7 Å². The van der Waals surface area contributed by atoms with Gasteiger partial charge in [-0.1, -0.05) is 13.8 Å². The molecule has 194 valence electrons. The van der Waals surface area contributed by atoms with Crippen molar-refractivity contribution in [1.29, 1.82) is 0 Å². The average Bonchev–Trinajstić information content (AvgIpc) is 3.42. The molecule has 3 fully saturated rings. The van der Waals surface area contributed by atoms with E-state index in [2.05, 4.69) is 28.7 Å². The summed E-state index contributed by atoms with van der Waals surface area (Å²) in [5.41, 5.74) is 5.78. The number of hydrogen-bond donors (Lipinski definition) is 3. The Morgan fingerprint density at radius 3 is 2.66 bits per heavy atom. The lowest BCUT2D eigenvalue weighted by atomic mass is 9.84. The van der Waals surface area contributed by atoms with Crippen LogP contribution in [0.3, 0.4) is 0 Å². The van der Waals surface area contributed by atoms with Crippen LogP contribution in [-0.2, 0) is 4.74 Å². The molecule has 3 saturated heterocycles. The molecule has 0 aromatic carbocycles. The van der Waals surface area contributed by atoms with Crippen LogP contribution in [0.15, 0.2) is 18.6 Å². The lowest BCUT2D eigenvalue weighted by Gasteiger charge is -2.45. The molecule has 2 aromatic heterocycles. The molecule has 0 saturated carbocycles. The van der Waals surface area contributed by atoms with E-state index in [1.807, 2.05) is 4.90 Å². The summed E-state index contributed by atoms with van der Waals surface area (Å²) in [7, 11) is 0. The number of anilines is 1. The predicted molar refractivity (Wildman–Crippen MR) is 127 cm³/mol. The molecule has 9 nitrogen and oxygen atoms in total. The summed E-state index contributed by atoms with van der Waals surface area (Å²) < 4.78 is 37.1. The highest BCUT2D eigenvalue weighted by molar-refractivity contribution is 5.86. The number of fused-ring (bicyclic) bond motifs is 1. The molecule has 0 unspecified atom stereocenters. The van der Waals surface area contributed by atoms with Crippen LogP contribution in [-0.4, -0.2) is 97.0 Å². The van der Waals surface area contributed by atoms with Gasteiger partial charge in [0.1, 0.15) is 36.1 Å². The van der Waals surface area contributed by atoms with Gasteiger partial charge in [0.15, 0.2) is 6.23 Å². The summed E-state index contributed by atoms with van der Waals surface area (Å²) in [5, 5.41) is 22.2. The molecule has 5 heterocycles. The number of piperidine rings is 1. The lowest BCUT2D eigenvalue weighted by molar-refractivity contribution is -0.0589. The maximum atomic E-state index is 14.7. The number of alkyl halides is 2. The van der Waals surface area contributed by atoms with Gasteiger partial charge in [-0.3, -0.25) is 4.90 Å². The number of rotatable bonds is 6. The zero-order valence-corrected chi connectivity index (χ0v) is 20.4. The number of halogens is 2. The summed E-state index contributed by atoms with van der Waals surface area (Å²) in [4.78, 5) is 12.4. The first-order valence-corrected chi connectivity index (χ1v) is 12.5. The van der Waals surface area contributed by atoms with E-state index in [9.17, 15) is 19.0 Å². The Balaban J connectivity index is 1.31. The minimum atomic E-state index is -2.78. The van der Waals surface area contributed by atoms with Gasteiger partial charge in [-0.05, 0) is 50.9 Å². The molecule has 35 heavy (non-hydrogen) atoms. The van der Waals surface area contributed by atoms with Crippen molar-refractivity contribution in [1.82, 2.24) is 24.3 Å². The van der Waals surface area contributed by atoms with Crippen molar-refractivity contribution in [3.8, 4) is 0 Å². The van der Waals surface area contributed by atoms with E-state index >= 15 is 0 Å². The predicted octanol–water partition coefficient (Wildman–Crippen LogP) is 1.85. The Kier molecular flexibility index (Phi) is 6.50. The Hall–Kier alpha value is -1.92. The number of nitrogens with zero attached hydrogens (tertiary/aromatic N) is 5. The molecular formula is C24H36F2N6O3. The number of nitrogens with two attached hydrogens (primary N) is 1. The molecule has 1 spiro atoms. The Bertz CT molecular complexity index is 1040. The second-order valence-corrected chi connectivity index (χ2v) is 10.9. The van der Waals surface area contributed by atoms with Crippen molar-refractivity contribution in [2.45, 2.75) is 75.5 Å². The van der Waals surface area contributed by atoms with Crippen LogP contribution in [0.1, 0.15) is 45.8 Å². The molecule has 3 aliphatic heterocycles. The van der Waals surface area contributed by atoms with Gasteiger partial charge in [0, 0.05) is 24.7 Å². The highest BCUT2D eigenvalue weighted by atomic mass is 19.3. The van der Waals surface area contributed by atoms with Crippen molar-refractivity contribution in [3.05, 3.63) is 18.6 Å². The molecule has 0 radical (unpaired) electrons. The van der Waals surface area contributed by atoms with Crippen molar-refractivity contribution in [2.75, 3.05) is 38.5 Å². The van der Waals surface area contributed by atoms with Crippen molar-refractivity contribution in [3.63, 3.8) is 0 Å². The van der Waals surface area contributed by atoms with E-state index in [1.165, 1.54) is 6.33 Å². The third-order valence-electron chi connectivity index (χ3n) is 8.04. The first-order valence-electron chi connectivity index (χ1n) is 12.5. The van der Waals surface area contributed by atoms with E-state index in [-0.39, 0.29) is 19.5 Å². The molecule has 5 rings (SSSR count). The Morgan fingerprint density at radius 1 is 1.20 bits per heavy atom. The van der Waals surface area contributed by atoms with E-state index in [0.717, 1.165) is 26.1 Å². The number of nitrogen functional groups attached to an aromatic ring is 1. The maximum absolute atomic E-state index is 14.7. The minimum absolute atomic E-state index is 0.132. The number of ether oxygens (including phenoxy) is 1. The zero-order chi connectivity index (χ0) is 25.0. The Labute approximate surface area is 203 Å². The summed E-state index contributed by atoms with van der Waals surface area (Å²) in [6.07, 6.45) is 1.09. The molecule has 3 aliphatic rings. The van der Waals surface area contributed by atoms with Crippen LogP contribution in [0.2, 0.25) is 0 Å². The van der Waals surface area contributed by atoms with Gasteiger partial charge in [-0.15, -0.1) is 0 Å². The highest BCUT2D eigenvalue weighted by Crippen LogP contribution is 2.46. The fourth-order valence-electron chi connectivity index (χ4n) is 6.00. The first kappa shape index (κ1) is 24.8. The van der Waals surface area contributed by atoms with E-state index in [1.54, 1.807) is 16.8 Å². The molecule has 4 N–H and O–H groups in total. The van der Waals surface area contributed by atoms with Gasteiger partial charge in [-0.2, -0.15) is 0 Å². The van der Waals surface area contributed by atoms with E-state index < -0.39 is 36.0 Å². The standard InChI is InChI=1S/C24H36F2N6O3/c1-15(2)3-7-30-9-5-23(6-10-30)12-24(25,26)13-31(23)11-17-18(33)19(34)22(35-17)32-8-4-16-20(27)28-14-29-21(16)32/h4,8,14-15,17-19,22,33-34H,3,5-7,9-13H2,1-2H3,(H2,27,28,29)/t17-,18-,19-,22-/m1/s1. The largest absolute Gasteiger partial charge is 0.387 e. The van der Waals surface area contributed by atoms with Gasteiger partial charge < -0.3 is 30.2 Å². The monoisotopic (exact) mass is 494 g/mol. The number of aliphatic hydroxyl groups is 2. The smallest absolute Gasteiger partial charge is 0.262 e. The van der Waals surface area contributed by atoms with Gasteiger partial charge in [0.2, 0.25) is 0 Å². The molecule has 0 amide bonds. The minimum Gasteiger partial charge on any atom is -0.387 e. The number of aliphatic hydroxyl groups excluding tert-OH is 2. The van der Waals surface area contributed by atoms with Gasteiger partial charge in [0.05, 0.1) is 11.9 Å². The second kappa shape index (κ2) is 9.19. The van der Waals surface area contributed by atoms with Gasteiger partial charge in [-0.25, -0.2) is 18.7 Å². The quantitative estimate of drug-likeness (QED) is 0.558. The number of aromatic nitrogens is 3. The van der Waals surface area contributed by atoms with Crippen LogP contribution in [0.25, 0.3) is 11.0 Å². The third-order valence-corrected chi connectivity index (χ3v) is 8.04. The summed E-state index contributed by atoms with van der Waals surface area (Å²) in [6, 6.07) is 1.73. The van der Waals surface area contributed by atoms with Gasteiger partial charge in [0.25, 0.3) is 5.92 Å². The van der Waals surface area contributed by atoms with Crippen molar-refractivity contribution in [2.24, 2.45) is 5.92 Å². The van der Waals surface area contributed by atoms with E-state index in [4.69, 9.17) is 10.5 Å². The van der Waals surface area contributed by atoms with E-state index in [0.29, 0.717) is 35.6 Å². The fraction of sp³-hybridized carbons (Fsp3) is 0.750. The van der Waals surface area contributed by atoms with Gasteiger partial charge >= 0.3 is 0 Å². The number of likely N-dealkylation sites (tertiary alicyclic amines) is 2. The van der Waals surface area contributed by atoms with Crippen LogP contribution >= 0.6 is 0 Å². The Morgan fingerprint density at radius 2 is 1.94 bits per heavy atom. The molecule has 0 bridgehead atoms. The summed E-state index contributed by atoms with van der Waals surface area (Å²) in [5.74, 6) is -1.87. The normalized spacial score (nSPS) is 31.3. The molecule has 2 aromatic rings. The third kappa shape index (κ3) is 4.64. The van der Waals surface area contributed by atoms with Crippen LogP contribution < -0.4 is 5.73 Å². The van der Waals surface area contributed by atoms with Crippen LogP contribution in [0, 0.1) is 5.92 Å². The SMILES string of the molecule is CC(C)CCN1CCC2(CC1)CC(F)(F)CN2C[C@H]1O[C@@H](n2ccc3c(N)ncnc32)[C@H](O)[C@@H]1O. The summed E-state index contributed by atoms with van der Waals surface area (Å²) >= 11 is 0. The first-order chi connectivity index (χ1) is 16.6. The van der Waals surface area contributed by atoms with Crippen molar-refractivity contribution >= 4 is 16.9 Å². The molecule has 0 aliphatic carbocycles. The molecular weight excluding hydrogens is 458 g/mol. The van der Waals surface area contributed by atoms with Crippen LogP contribution in [0.4, 0.5) is 14.6 Å². The number of hydrogen-bond acceptors (Lipinski definition) is 8. The topological polar surface area (TPSA) is 113 Å². The molecule has 4 atom stereocenters. The summed E-state index contributed by atoms with van der Waals surface area (Å²) in [6.45, 7) is 6.72. The van der Waals surface area contributed by atoms with Crippen LogP contribution in [0.5, 0.6) is 0 Å². The average molecular weight is 495 g/mol.